The largest absolute Gasteiger partial charge is 0.476 e. The van der Waals surface area contributed by atoms with Gasteiger partial charge in [-0.25, -0.2) is 4.98 Å². The lowest BCUT2D eigenvalue weighted by Gasteiger charge is -2.15. The van der Waals surface area contributed by atoms with Crippen molar-refractivity contribution in [2.24, 2.45) is 4.99 Å². The first-order chi connectivity index (χ1) is 9.65. The number of halogens is 1. The van der Waals surface area contributed by atoms with Crippen LogP contribution in [0.25, 0.3) is 0 Å². The van der Waals surface area contributed by atoms with Gasteiger partial charge in [-0.05, 0) is 25.7 Å². The van der Waals surface area contributed by atoms with Crippen molar-refractivity contribution in [1.82, 2.24) is 20.1 Å². The quantitative estimate of drug-likeness (QED) is 0.717. The van der Waals surface area contributed by atoms with Crippen LogP contribution < -0.4 is 10.1 Å². The maximum absolute atomic E-state index is 5.63. The van der Waals surface area contributed by atoms with Gasteiger partial charge in [-0.1, -0.05) is 0 Å². The molecule has 0 saturated heterocycles. The van der Waals surface area contributed by atoms with Crippen molar-refractivity contribution in [3.63, 3.8) is 0 Å². The van der Waals surface area contributed by atoms with Gasteiger partial charge in [0.15, 0.2) is 5.96 Å². The lowest BCUT2D eigenvalue weighted by Crippen LogP contribution is -2.35. The number of pyridine rings is 1. The molecule has 0 aromatic carbocycles. The predicted molar refractivity (Wildman–Crippen MR) is 95.5 cm³/mol. The summed E-state index contributed by atoms with van der Waals surface area (Å²) >= 11 is 0. The predicted octanol–water partition coefficient (Wildman–Crippen LogP) is 1.03. The highest BCUT2D eigenvalue weighted by Gasteiger charge is 2.11. The van der Waals surface area contributed by atoms with Crippen molar-refractivity contribution in [2.45, 2.75) is 6.54 Å². The lowest BCUT2D eigenvalue weighted by atomic mass is 10.2. The van der Waals surface area contributed by atoms with E-state index >= 15 is 0 Å². The van der Waals surface area contributed by atoms with E-state index in [1.165, 1.54) is 0 Å². The number of hydrogen-bond donors (Lipinski definition) is 1. The first kappa shape index (κ1) is 18.0. The van der Waals surface area contributed by atoms with Crippen LogP contribution in [0.15, 0.2) is 23.3 Å². The average molecular weight is 405 g/mol. The molecule has 0 saturated carbocycles. The highest BCUT2D eigenvalue weighted by molar-refractivity contribution is 14.0. The van der Waals surface area contributed by atoms with E-state index in [4.69, 9.17) is 4.74 Å². The van der Waals surface area contributed by atoms with Crippen molar-refractivity contribution < 1.29 is 4.74 Å². The summed E-state index contributed by atoms with van der Waals surface area (Å²) in [4.78, 5) is 12.8. The molecular formula is C14H24IN5O. The summed E-state index contributed by atoms with van der Waals surface area (Å²) in [6.07, 6.45) is 1.78. The third-order valence-electron chi connectivity index (χ3n) is 3.10. The van der Waals surface area contributed by atoms with Crippen LogP contribution in [0.2, 0.25) is 0 Å². The molecule has 118 valence electrons. The topological polar surface area (TPSA) is 53.0 Å². The first-order valence-corrected chi connectivity index (χ1v) is 6.87. The van der Waals surface area contributed by atoms with E-state index in [1.807, 2.05) is 33.3 Å². The standard InChI is InChI=1S/C14H23N5O.HI/c1-18(2)8-9-20-13-10-12(4-5-15-13)11-17-14-16-6-7-19(14)3;/h4-5,10H,6-9,11H2,1-3H3,(H,16,17);1H. The van der Waals surface area contributed by atoms with Crippen LogP contribution in [0.4, 0.5) is 0 Å². The van der Waals surface area contributed by atoms with Gasteiger partial charge in [-0.15, -0.1) is 24.0 Å². The number of rotatable bonds is 6. The van der Waals surface area contributed by atoms with Crippen LogP contribution in [-0.2, 0) is 6.54 Å². The summed E-state index contributed by atoms with van der Waals surface area (Å²) in [6.45, 7) is 4.11. The highest BCUT2D eigenvalue weighted by Crippen LogP contribution is 2.09. The van der Waals surface area contributed by atoms with Gasteiger partial charge in [0.05, 0.1) is 6.54 Å². The fourth-order valence-electron chi connectivity index (χ4n) is 1.88. The van der Waals surface area contributed by atoms with Crippen molar-refractivity contribution in [2.75, 3.05) is 47.4 Å². The molecule has 1 aromatic heterocycles. The molecule has 2 heterocycles. The number of aromatic nitrogens is 1. The van der Waals surface area contributed by atoms with Crippen molar-refractivity contribution in [3.8, 4) is 5.88 Å². The SMILES string of the molecule is CN(C)CCOc1cc(CNC2=NCCN2C)ccn1.I. The molecular weight excluding hydrogens is 381 g/mol. The molecule has 0 amide bonds. The van der Waals surface area contributed by atoms with E-state index in [-0.39, 0.29) is 24.0 Å². The molecule has 1 aliphatic heterocycles. The van der Waals surface area contributed by atoms with Gasteiger partial charge in [0.25, 0.3) is 0 Å². The second-order valence-corrected chi connectivity index (χ2v) is 5.13. The molecule has 0 bridgehead atoms. The summed E-state index contributed by atoms with van der Waals surface area (Å²) in [7, 11) is 6.09. The van der Waals surface area contributed by atoms with Crippen LogP contribution >= 0.6 is 24.0 Å². The number of hydrogen-bond acceptors (Lipinski definition) is 6. The summed E-state index contributed by atoms with van der Waals surface area (Å²) in [5, 5.41) is 3.33. The summed E-state index contributed by atoms with van der Waals surface area (Å²) in [6, 6.07) is 3.96. The molecule has 1 N–H and O–H groups in total. The summed E-state index contributed by atoms with van der Waals surface area (Å²) < 4.78 is 5.63. The van der Waals surface area contributed by atoms with Gasteiger partial charge in [-0.3, -0.25) is 4.99 Å². The molecule has 1 aliphatic rings. The van der Waals surface area contributed by atoms with Crippen LogP contribution in [-0.4, -0.2) is 68.1 Å². The van der Waals surface area contributed by atoms with Crippen LogP contribution in [0.5, 0.6) is 5.88 Å². The molecule has 0 radical (unpaired) electrons. The number of nitrogens with zero attached hydrogens (tertiary/aromatic N) is 4. The van der Waals surface area contributed by atoms with Gasteiger partial charge in [0, 0.05) is 38.9 Å². The molecule has 0 atom stereocenters. The molecule has 1 aromatic rings. The Morgan fingerprint density at radius 2 is 2.24 bits per heavy atom. The first-order valence-electron chi connectivity index (χ1n) is 6.87. The van der Waals surface area contributed by atoms with E-state index in [0.29, 0.717) is 12.5 Å². The Labute approximate surface area is 143 Å². The molecule has 0 aliphatic carbocycles. The Kier molecular flexibility index (Phi) is 7.73. The number of ether oxygens (including phenoxy) is 1. The fourth-order valence-corrected chi connectivity index (χ4v) is 1.88. The monoisotopic (exact) mass is 405 g/mol. The van der Waals surface area contributed by atoms with Gasteiger partial charge >= 0.3 is 0 Å². The van der Waals surface area contributed by atoms with Gasteiger partial charge in [0.1, 0.15) is 6.61 Å². The number of guanidine groups is 1. The van der Waals surface area contributed by atoms with Gasteiger partial charge in [-0.2, -0.15) is 0 Å². The zero-order valence-electron chi connectivity index (χ0n) is 12.9. The third kappa shape index (κ3) is 6.04. The number of aliphatic imine (C=N–C) groups is 1. The van der Waals surface area contributed by atoms with E-state index in [2.05, 4.69) is 25.1 Å². The van der Waals surface area contributed by atoms with Crippen molar-refractivity contribution in [3.05, 3.63) is 23.9 Å². The van der Waals surface area contributed by atoms with Gasteiger partial charge < -0.3 is 19.9 Å². The molecule has 0 unspecified atom stereocenters. The Morgan fingerprint density at radius 1 is 1.43 bits per heavy atom. The van der Waals surface area contributed by atoms with Crippen molar-refractivity contribution >= 4 is 29.9 Å². The number of nitrogens with one attached hydrogen (secondary N) is 1. The van der Waals surface area contributed by atoms with E-state index in [1.54, 1.807) is 6.20 Å². The van der Waals surface area contributed by atoms with Crippen molar-refractivity contribution in [1.29, 1.82) is 0 Å². The smallest absolute Gasteiger partial charge is 0.213 e. The minimum absolute atomic E-state index is 0. The Morgan fingerprint density at radius 3 is 2.90 bits per heavy atom. The average Bonchev–Trinajstić information content (AvgIpc) is 2.82. The Hall–Kier alpha value is -1.09. The number of likely N-dealkylation sites (N-methyl/N-ethyl adjacent to an activating group) is 2. The normalized spacial score (nSPS) is 13.9. The molecule has 0 fully saturated rings. The zero-order chi connectivity index (χ0) is 14.4. The summed E-state index contributed by atoms with van der Waals surface area (Å²) in [5.74, 6) is 1.63. The highest BCUT2D eigenvalue weighted by atomic mass is 127. The second kappa shape index (κ2) is 9.04. The molecule has 0 spiro atoms. The lowest BCUT2D eigenvalue weighted by molar-refractivity contribution is 0.253. The fraction of sp³-hybridized carbons (Fsp3) is 0.571. The van der Waals surface area contributed by atoms with Crippen LogP contribution in [0, 0.1) is 0 Å². The van der Waals surface area contributed by atoms with Crippen LogP contribution in [0.3, 0.4) is 0 Å². The molecule has 7 heteroatoms. The Bertz CT molecular complexity index is 466. The zero-order valence-corrected chi connectivity index (χ0v) is 15.2. The minimum atomic E-state index is 0. The minimum Gasteiger partial charge on any atom is -0.476 e. The maximum Gasteiger partial charge on any atom is 0.213 e. The Balaban J connectivity index is 0.00000220. The summed E-state index contributed by atoms with van der Waals surface area (Å²) in [5.41, 5.74) is 1.14. The molecule has 6 nitrogen and oxygen atoms in total. The van der Waals surface area contributed by atoms with E-state index in [9.17, 15) is 0 Å². The van der Waals surface area contributed by atoms with Gasteiger partial charge in [0.2, 0.25) is 5.88 Å². The second-order valence-electron chi connectivity index (χ2n) is 5.13. The third-order valence-corrected chi connectivity index (χ3v) is 3.10. The molecule has 2 rings (SSSR count). The van der Waals surface area contributed by atoms with E-state index in [0.717, 1.165) is 37.7 Å². The molecule has 21 heavy (non-hydrogen) atoms. The van der Waals surface area contributed by atoms with Crippen LogP contribution in [0.1, 0.15) is 5.56 Å². The van der Waals surface area contributed by atoms with E-state index < -0.39 is 0 Å². The maximum atomic E-state index is 5.63.